The van der Waals surface area contributed by atoms with E-state index in [-0.39, 0.29) is 12.3 Å². The molecule has 0 aromatic carbocycles. The van der Waals surface area contributed by atoms with Crippen molar-refractivity contribution in [3.63, 3.8) is 0 Å². The number of nitrogens with one attached hydrogen (secondary N) is 2. The van der Waals surface area contributed by atoms with Gasteiger partial charge in [0.15, 0.2) is 22.1 Å². The highest BCUT2D eigenvalue weighted by Gasteiger charge is 2.47. The second-order valence-corrected chi connectivity index (χ2v) is 8.68. The normalized spacial score (nSPS) is 26.8. The quantitative estimate of drug-likeness (QED) is 0.359. The number of aliphatic hydroxyl groups excluding tert-OH is 2. The van der Waals surface area contributed by atoms with E-state index in [4.69, 9.17) is 0 Å². The highest BCUT2D eigenvalue weighted by atomic mass is 32.2. The number of carbonyl (C=O) groups excluding carboxylic acids is 1. The van der Waals surface area contributed by atoms with Gasteiger partial charge in [0, 0.05) is 18.3 Å². The van der Waals surface area contributed by atoms with E-state index in [1.165, 1.54) is 4.68 Å². The summed E-state index contributed by atoms with van der Waals surface area (Å²) >= 11 is 1.56. The second-order valence-electron chi connectivity index (χ2n) is 7.61. The van der Waals surface area contributed by atoms with Crippen molar-refractivity contribution in [3.8, 4) is 0 Å². The van der Waals surface area contributed by atoms with Gasteiger partial charge in [-0.2, -0.15) is 0 Å². The van der Waals surface area contributed by atoms with Crippen molar-refractivity contribution in [2.75, 3.05) is 17.6 Å². The molecule has 4 rings (SSSR count). The molecule has 0 saturated heterocycles. The lowest BCUT2D eigenvalue weighted by atomic mass is 10.0. The van der Waals surface area contributed by atoms with Crippen LogP contribution >= 0.6 is 11.8 Å². The van der Waals surface area contributed by atoms with E-state index in [2.05, 4.69) is 37.8 Å². The summed E-state index contributed by atoms with van der Waals surface area (Å²) in [6.45, 7) is 4.38. The van der Waals surface area contributed by atoms with Gasteiger partial charge in [-0.1, -0.05) is 23.9 Å². The van der Waals surface area contributed by atoms with Crippen LogP contribution in [0.5, 0.6) is 0 Å². The molecule has 0 radical (unpaired) electrons. The summed E-state index contributed by atoms with van der Waals surface area (Å²) in [5, 5.41) is 36.3. The van der Waals surface area contributed by atoms with Crippen molar-refractivity contribution < 1.29 is 15.0 Å². The van der Waals surface area contributed by atoms with Crippen LogP contribution in [0, 0.1) is 5.92 Å². The van der Waals surface area contributed by atoms with Crippen molar-refractivity contribution in [2.24, 2.45) is 5.92 Å². The zero-order valence-corrected chi connectivity index (χ0v) is 17.4. The van der Waals surface area contributed by atoms with Gasteiger partial charge in [0.2, 0.25) is 5.91 Å². The van der Waals surface area contributed by atoms with Gasteiger partial charge in [0.05, 0.1) is 18.1 Å². The summed E-state index contributed by atoms with van der Waals surface area (Å²) in [7, 11) is 0. The molecule has 2 aromatic rings. The van der Waals surface area contributed by atoms with E-state index in [0.717, 1.165) is 25.0 Å². The molecule has 4 unspecified atom stereocenters. The van der Waals surface area contributed by atoms with Gasteiger partial charge in [-0.05, 0) is 32.6 Å². The highest BCUT2D eigenvalue weighted by Crippen LogP contribution is 2.37. The minimum atomic E-state index is -1.16. The Labute approximate surface area is 172 Å². The van der Waals surface area contributed by atoms with E-state index in [1.807, 2.05) is 6.92 Å². The molecule has 2 saturated carbocycles. The molecule has 2 fully saturated rings. The van der Waals surface area contributed by atoms with E-state index < -0.39 is 24.2 Å². The molecular formula is C18H27N7O3S. The molecule has 0 aliphatic heterocycles. The third kappa shape index (κ3) is 4.03. The molecule has 4 atom stereocenters. The predicted octanol–water partition coefficient (Wildman–Crippen LogP) is 0.717. The zero-order valence-electron chi connectivity index (χ0n) is 16.6. The van der Waals surface area contributed by atoms with Crippen LogP contribution in [0.15, 0.2) is 5.16 Å². The molecular weight excluding hydrogens is 394 g/mol. The average Bonchev–Trinajstić information content (AvgIpc) is 3.35. The Hall–Kier alpha value is -1.98. The van der Waals surface area contributed by atoms with Crippen LogP contribution in [0.1, 0.15) is 45.6 Å². The van der Waals surface area contributed by atoms with Crippen LogP contribution in [0.2, 0.25) is 0 Å². The standard InChI is InChI=1S/C18H27N7O3S/c1-3-7-29-18-21-15(20-9-5-6-9)12-16(22-18)25(24-23-12)11-8-10(13(26)14(11)27)17(28)19-4-2/h9-11,13-14,26-27H,3-8H2,1-2H3,(H,19,28)(H,20,21,22). The number of rotatable bonds is 8. The Kier molecular flexibility index (Phi) is 5.88. The van der Waals surface area contributed by atoms with Gasteiger partial charge in [0.1, 0.15) is 6.10 Å². The molecule has 11 heteroatoms. The fraction of sp³-hybridized carbons (Fsp3) is 0.722. The lowest BCUT2D eigenvalue weighted by Gasteiger charge is -2.17. The molecule has 2 aliphatic rings. The van der Waals surface area contributed by atoms with Gasteiger partial charge in [-0.15, -0.1) is 5.10 Å². The maximum atomic E-state index is 12.3. The Morgan fingerprint density at radius 2 is 2.03 bits per heavy atom. The summed E-state index contributed by atoms with van der Waals surface area (Å²) in [6, 6.07) is -0.196. The van der Waals surface area contributed by atoms with E-state index >= 15 is 0 Å². The summed E-state index contributed by atoms with van der Waals surface area (Å²) in [6.07, 6.45) is 1.16. The SMILES string of the molecule is CCCSc1nc(NC2CC2)c2nnn(C3CC(C(=O)NCC)C(O)C3O)c2n1. The number of hydrogen-bond acceptors (Lipinski definition) is 9. The minimum absolute atomic E-state index is 0.263. The maximum absolute atomic E-state index is 12.3. The number of amides is 1. The van der Waals surface area contributed by atoms with E-state index in [1.54, 1.807) is 11.8 Å². The zero-order chi connectivity index (χ0) is 20.5. The third-order valence-corrected chi connectivity index (χ3v) is 6.36. The molecule has 2 heterocycles. The number of hydrogen-bond donors (Lipinski definition) is 4. The Morgan fingerprint density at radius 1 is 1.24 bits per heavy atom. The molecule has 1 amide bonds. The molecule has 0 spiro atoms. The van der Waals surface area contributed by atoms with Crippen LogP contribution in [0.25, 0.3) is 11.2 Å². The first-order valence-electron chi connectivity index (χ1n) is 10.2. The summed E-state index contributed by atoms with van der Waals surface area (Å²) in [4.78, 5) is 21.5. The Morgan fingerprint density at radius 3 is 2.72 bits per heavy atom. The first-order valence-corrected chi connectivity index (χ1v) is 11.2. The van der Waals surface area contributed by atoms with Crippen LogP contribution in [0.4, 0.5) is 5.82 Å². The second kappa shape index (κ2) is 8.41. The van der Waals surface area contributed by atoms with Crippen LogP contribution in [0.3, 0.4) is 0 Å². The van der Waals surface area contributed by atoms with Gasteiger partial charge >= 0.3 is 0 Å². The largest absolute Gasteiger partial charge is 0.390 e. The number of aliphatic hydroxyl groups is 2. The first-order chi connectivity index (χ1) is 14.0. The summed E-state index contributed by atoms with van der Waals surface area (Å²) in [5.41, 5.74) is 1.05. The van der Waals surface area contributed by atoms with Gasteiger partial charge in [0.25, 0.3) is 0 Å². The van der Waals surface area contributed by atoms with Gasteiger partial charge in [-0.25, -0.2) is 14.6 Å². The fourth-order valence-corrected chi connectivity index (χ4v) is 4.32. The lowest BCUT2D eigenvalue weighted by Crippen LogP contribution is -2.38. The molecule has 29 heavy (non-hydrogen) atoms. The summed E-state index contributed by atoms with van der Waals surface area (Å²) in [5.74, 6) is 0.570. The number of anilines is 1. The lowest BCUT2D eigenvalue weighted by molar-refractivity contribution is -0.128. The molecule has 2 aromatic heterocycles. The van der Waals surface area contributed by atoms with Crippen LogP contribution < -0.4 is 10.6 Å². The van der Waals surface area contributed by atoms with Crippen LogP contribution in [-0.4, -0.2) is 71.6 Å². The molecule has 0 bridgehead atoms. The van der Waals surface area contributed by atoms with Crippen molar-refractivity contribution >= 4 is 34.7 Å². The number of aromatic nitrogens is 5. The molecule has 10 nitrogen and oxygen atoms in total. The third-order valence-electron chi connectivity index (χ3n) is 5.31. The molecule has 4 N–H and O–H groups in total. The molecule has 158 valence electrons. The predicted molar refractivity (Wildman–Crippen MR) is 109 cm³/mol. The van der Waals surface area contributed by atoms with Gasteiger partial charge < -0.3 is 20.8 Å². The minimum Gasteiger partial charge on any atom is -0.390 e. The Bertz CT molecular complexity index is 888. The number of thioether (sulfide) groups is 1. The van der Waals surface area contributed by atoms with E-state index in [0.29, 0.717) is 34.7 Å². The van der Waals surface area contributed by atoms with Gasteiger partial charge in [-0.3, -0.25) is 4.79 Å². The number of nitrogens with zero attached hydrogens (tertiary/aromatic N) is 5. The average molecular weight is 422 g/mol. The molecule has 2 aliphatic carbocycles. The maximum Gasteiger partial charge on any atom is 0.225 e. The van der Waals surface area contributed by atoms with E-state index in [9.17, 15) is 15.0 Å². The van der Waals surface area contributed by atoms with Crippen molar-refractivity contribution in [3.05, 3.63) is 0 Å². The van der Waals surface area contributed by atoms with Crippen LogP contribution in [-0.2, 0) is 4.79 Å². The number of fused-ring (bicyclic) bond motifs is 1. The first kappa shape index (κ1) is 20.3. The number of carbonyl (C=O) groups is 1. The monoisotopic (exact) mass is 421 g/mol. The Balaban J connectivity index is 1.68. The highest BCUT2D eigenvalue weighted by molar-refractivity contribution is 7.99. The summed E-state index contributed by atoms with van der Waals surface area (Å²) < 4.78 is 1.54. The fourth-order valence-electron chi connectivity index (χ4n) is 3.63. The van der Waals surface area contributed by atoms with Crippen molar-refractivity contribution in [2.45, 2.75) is 69.0 Å². The topological polar surface area (TPSA) is 138 Å². The van der Waals surface area contributed by atoms with Crippen molar-refractivity contribution in [1.29, 1.82) is 0 Å². The van der Waals surface area contributed by atoms with Crippen molar-refractivity contribution in [1.82, 2.24) is 30.3 Å². The smallest absolute Gasteiger partial charge is 0.225 e.